The van der Waals surface area contributed by atoms with E-state index in [1.165, 1.54) is 0 Å². The summed E-state index contributed by atoms with van der Waals surface area (Å²) in [6.45, 7) is 11.3. The Morgan fingerprint density at radius 1 is 1.00 bits per heavy atom. The van der Waals surface area contributed by atoms with E-state index in [0.717, 1.165) is 51.4 Å². The molecule has 0 atom stereocenters. The first-order chi connectivity index (χ1) is 16.3. The number of aromatic nitrogens is 1. The Balaban J connectivity index is 0.00000158. The lowest BCUT2D eigenvalue weighted by Gasteiger charge is -2.33. The number of anilines is 2. The number of pyridine rings is 1. The number of nitrogens with one attached hydrogen (secondary N) is 1. The van der Waals surface area contributed by atoms with Gasteiger partial charge in [0.25, 0.3) is 0 Å². The standard InChI is InChI=1S/C21H29F2N7O2.C2H6/c1-26-5-9-28(10-6-26)4-3-24-19-18-16(23)13-15(22)14-17(18)25-21(20(19)30(31)32)29-11-7-27(2)8-12-29;1-2/h13-14H,3-12H2,1-2H3,(H,24,25);1-2H3. The van der Waals surface area contributed by atoms with Crippen LogP contribution in [0.15, 0.2) is 12.1 Å². The SMILES string of the molecule is CC.CN1CCN(CCNc2c([N+](=O)[O-])c(N3CCN(C)CC3)nc3cc(F)cc(F)c23)CC1. The van der Waals surface area contributed by atoms with Crippen LogP contribution in [0, 0.1) is 21.7 Å². The molecule has 1 N–H and O–H groups in total. The van der Waals surface area contributed by atoms with Crippen molar-refractivity contribution in [1.29, 1.82) is 0 Å². The molecule has 2 aliphatic rings. The molecule has 2 aromatic rings. The molecule has 0 radical (unpaired) electrons. The minimum atomic E-state index is -0.859. The molecule has 0 aliphatic carbocycles. The van der Waals surface area contributed by atoms with Crippen molar-refractivity contribution in [3.05, 3.63) is 33.9 Å². The van der Waals surface area contributed by atoms with E-state index in [1.807, 2.05) is 25.8 Å². The van der Waals surface area contributed by atoms with E-state index in [-0.39, 0.29) is 28.1 Å². The van der Waals surface area contributed by atoms with Crippen molar-refractivity contribution in [3.63, 3.8) is 0 Å². The smallest absolute Gasteiger partial charge is 0.335 e. The van der Waals surface area contributed by atoms with Crippen LogP contribution in [0.3, 0.4) is 0 Å². The predicted molar refractivity (Wildman–Crippen MR) is 132 cm³/mol. The average Bonchev–Trinajstić information content (AvgIpc) is 2.81. The van der Waals surface area contributed by atoms with E-state index in [2.05, 4.69) is 32.0 Å². The van der Waals surface area contributed by atoms with E-state index in [0.29, 0.717) is 26.2 Å². The van der Waals surface area contributed by atoms with Crippen molar-refractivity contribution in [2.75, 3.05) is 89.8 Å². The number of likely N-dealkylation sites (N-methyl/N-ethyl adjacent to an activating group) is 2. The molecule has 11 heteroatoms. The molecule has 0 unspecified atom stereocenters. The maximum Gasteiger partial charge on any atom is 0.335 e. The van der Waals surface area contributed by atoms with E-state index in [9.17, 15) is 18.9 Å². The molecule has 1 aromatic heterocycles. The predicted octanol–water partition coefficient (Wildman–Crippen LogP) is 2.86. The second-order valence-corrected chi connectivity index (χ2v) is 8.56. The van der Waals surface area contributed by atoms with Crippen LogP contribution in [0.4, 0.5) is 26.0 Å². The van der Waals surface area contributed by atoms with Crippen molar-refractivity contribution >= 4 is 28.1 Å². The van der Waals surface area contributed by atoms with Crippen LogP contribution in [-0.2, 0) is 0 Å². The highest BCUT2D eigenvalue weighted by molar-refractivity contribution is 6.00. The Bertz CT molecular complexity index is 991. The molecule has 34 heavy (non-hydrogen) atoms. The summed E-state index contributed by atoms with van der Waals surface area (Å²) in [5.41, 5.74) is -0.115. The van der Waals surface area contributed by atoms with Gasteiger partial charge in [0.1, 0.15) is 17.3 Å². The lowest BCUT2D eigenvalue weighted by molar-refractivity contribution is -0.383. The van der Waals surface area contributed by atoms with Crippen molar-refractivity contribution < 1.29 is 13.7 Å². The summed E-state index contributed by atoms with van der Waals surface area (Å²) >= 11 is 0. The zero-order valence-electron chi connectivity index (χ0n) is 20.5. The summed E-state index contributed by atoms with van der Waals surface area (Å²) in [6.07, 6.45) is 0. The van der Waals surface area contributed by atoms with E-state index in [4.69, 9.17) is 0 Å². The number of hydrogen-bond donors (Lipinski definition) is 1. The normalized spacial score (nSPS) is 18.0. The van der Waals surface area contributed by atoms with Crippen LogP contribution in [-0.4, -0.2) is 104 Å². The van der Waals surface area contributed by atoms with E-state index < -0.39 is 16.6 Å². The lowest BCUT2D eigenvalue weighted by atomic mass is 10.1. The summed E-state index contributed by atoms with van der Waals surface area (Å²) in [6, 6.07) is 1.88. The van der Waals surface area contributed by atoms with Crippen LogP contribution in [0.5, 0.6) is 0 Å². The Morgan fingerprint density at radius 2 is 1.59 bits per heavy atom. The largest absolute Gasteiger partial charge is 0.377 e. The van der Waals surface area contributed by atoms with Crippen LogP contribution in [0.25, 0.3) is 10.9 Å². The number of nitro groups is 1. The third-order valence-electron chi connectivity index (χ3n) is 6.27. The van der Waals surface area contributed by atoms with E-state index in [1.54, 1.807) is 0 Å². The molecule has 0 spiro atoms. The van der Waals surface area contributed by atoms with Gasteiger partial charge in [0.2, 0.25) is 5.82 Å². The van der Waals surface area contributed by atoms with Crippen LogP contribution < -0.4 is 10.2 Å². The molecular weight excluding hydrogens is 444 g/mol. The summed E-state index contributed by atoms with van der Waals surface area (Å²) in [7, 11) is 4.06. The second-order valence-electron chi connectivity index (χ2n) is 8.56. The van der Waals surface area contributed by atoms with Gasteiger partial charge in [0.05, 0.1) is 15.8 Å². The zero-order valence-corrected chi connectivity index (χ0v) is 20.5. The Hall–Kier alpha value is -2.63. The molecule has 2 fully saturated rings. The number of nitrogens with zero attached hydrogens (tertiary/aromatic N) is 6. The highest BCUT2D eigenvalue weighted by Crippen LogP contribution is 2.41. The molecule has 0 bridgehead atoms. The third kappa shape index (κ3) is 5.89. The lowest BCUT2D eigenvalue weighted by Crippen LogP contribution is -2.46. The molecule has 188 valence electrons. The molecule has 0 saturated carbocycles. The average molecular weight is 480 g/mol. The van der Waals surface area contributed by atoms with Gasteiger partial charge in [0, 0.05) is 77.6 Å². The summed E-state index contributed by atoms with van der Waals surface area (Å²) < 4.78 is 28.8. The first kappa shape index (κ1) is 26.0. The van der Waals surface area contributed by atoms with Gasteiger partial charge < -0.3 is 20.0 Å². The number of hydrogen-bond acceptors (Lipinski definition) is 8. The maximum absolute atomic E-state index is 14.8. The number of rotatable bonds is 6. The fourth-order valence-electron chi connectivity index (χ4n) is 4.29. The van der Waals surface area contributed by atoms with Gasteiger partial charge in [-0.3, -0.25) is 15.0 Å². The molecule has 0 amide bonds. The maximum atomic E-state index is 14.8. The zero-order chi connectivity index (χ0) is 24.8. The number of piperazine rings is 2. The van der Waals surface area contributed by atoms with Gasteiger partial charge in [0.15, 0.2) is 0 Å². The van der Waals surface area contributed by atoms with Gasteiger partial charge in [-0.1, -0.05) is 13.8 Å². The molecule has 1 aromatic carbocycles. The van der Waals surface area contributed by atoms with Crippen molar-refractivity contribution in [2.24, 2.45) is 0 Å². The minimum Gasteiger partial charge on any atom is -0.377 e. The van der Waals surface area contributed by atoms with E-state index >= 15 is 0 Å². The molecule has 2 aliphatic heterocycles. The minimum absolute atomic E-state index is 0.0469. The van der Waals surface area contributed by atoms with Crippen LogP contribution in [0.1, 0.15) is 13.8 Å². The molecule has 4 rings (SSSR count). The monoisotopic (exact) mass is 479 g/mol. The van der Waals surface area contributed by atoms with Crippen molar-refractivity contribution in [1.82, 2.24) is 19.7 Å². The highest BCUT2D eigenvalue weighted by Gasteiger charge is 2.31. The van der Waals surface area contributed by atoms with Crippen molar-refractivity contribution in [2.45, 2.75) is 13.8 Å². The third-order valence-corrected chi connectivity index (χ3v) is 6.27. The fourth-order valence-corrected chi connectivity index (χ4v) is 4.29. The Kier molecular flexibility index (Phi) is 8.92. The first-order valence-electron chi connectivity index (χ1n) is 11.9. The quantitative estimate of drug-likeness (QED) is 0.501. The van der Waals surface area contributed by atoms with Crippen LogP contribution in [0.2, 0.25) is 0 Å². The van der Waals surface area contributed by atoms with Gasteiger partial charge in [-0.25, -0.2) is 13.8 Å². The van der Waals surface area contributed by atoms with Gasteiger partial charge in [-0.05, 0) is 14.1 Å². The number of fused-ring (bicyclic) bond motifs is 1. The topological polar surface area (TPSA) is 81.0 Å². The summed E-state index contributed by atoms with van der Waals surface area (Å²) in [4.78, 5) is 24.5. The molecule has 3 heterocycles. The second kappa shape index (κ2) is 11.7. The Labute approximate surface area is 199 Å². The molecule has 9 nitrogen and oxygen atoms in total. The molecule has 2 saturated heterocycles. The summed E-state index contributed by atoms with van der Waals surface area (Å²) in [5.74, 6) is -1.46. The highest BCUT2D eigenvalue weighted by atomic mass is 19.1. The van der Waals surface area contributed by atoms with Crippen LogP contribution >= 0.6 is 0 Å². The summed E-state index contributed by atoms with van der Waals surface area (Å²) in [5, 5.41) is 15.2. The first-order valence-corrected chi connectivity index (χ1v) is 11.9. The van der Waals surface area contributed by atoms with Gasteiger partial charge >= 0.3 is 5.69 Å². The number of benzene rings is 1. The van der Waals surface area contributed by atoms with Crippen molar-refractivity contribution in [3.8, 4) is 0 Å². The van der Waals surface area contributed by atoms with Gasteiger partial charge in [-0.2, -0.15) is 0 Å². The number of halogens is 2. The Morgan fingerprint density at radius 3 is 2.18 bits per heavy atom. The molecular formula is C23H35F2N7O2. The fraction of sp³-hybridized carbons (Fsp3) is 0.609. The van der Waals surface area contributed by atoms with Gasteiger partial charge in [-0.15, -0.1) is 0 Å².